The first kappa shape index (κ1) is 20.4. The van der Waals surface area contributed by atoms with E-state index in [1.54, 1.807) is 4.90 Å². The minimum absolute atomic E-state index is 0.0307. The van der Waals surface area contributed by atoms with Gasteiger partial charge in [-0.2, -0.15) is 4.31 Å². The lowest BCUT2D eigenvalue weighted by Crippen LogP contribution is -2.51. The van der Waals surface area contributed by atoms with Crippen LogP contribution >= 0.6 is 0 Å². The maximum atomic E-state index is 13.0. The molecule has 150 valence electrons. The molecule has 6 nitrogen and oxygen atoms in total. The fourth-order valence-electron chi connectivity index (χ4n) is 3.16. The Balaban J connectivity index is 1.53. The molecule has 1 fully saturated rings. The lowest BCUT2D eigenvalue weighted by atomic mass is 10.2. The van der Waals surface area contributed by atoms with Crippen LogP contribution in [-0.4, -0.2) is 68.2 Å². The van der Waals surface area contributed by atoms with Gasteiger partial charge in [0.1, 0.15) is 5.82 Å². The van der Waals surface area contributed by atoms with Gasteiger partial charge in [0.2, 0.25) is 15.9 Å². The van der Waals surface area contributed by atoms with Crippen molar-refractivity contribution in [2.24, 2.45) is 0 Å². The number of likely N-dealkylation sites (N-methyl/N-ethyl adjacent to an activating group) is 1. The number of carbonyl (C=O) groups is 1. The van der Waals surface area contributed by atoms with Crippen LogP contribution in [0.15, 0.2) is 59.5 Å². The number of carbonyl (C=O) groups excluding carboxylic acids is 1. The van der Waals surface area contributed by atoms with Crippen LogP contribution in [0.4, 0.5) is 4.39 Å². The molecule has 0 atom stereocenters. The van der Waals surface area contributed by atoms with Crippen molar-refractivity contribution >= 4 is 15.9 Å². The van der Waals surface area contributed by atoms with Gasteiger partial charge in [0.25, 0.3) is 0 Å². The van der Waals surface area contributed by atoms with Crippen LogP contribution in [0.3, 0.4) is 0 Å². The lowest BCUT2D eigenvalue weighted by Gasteiger charge is -2.35. The average molecular weight is 405 g/mol. The molecule has 1 amide bonds. The fourth-order valence-corrected chi connectivity index (χ4v) is 4.28. The minimum Gasteiger partial charge on any atom is -0.339 e. The van der Waals surface area contributed by atoms with E-state index >= 15 is 0 Å². The first-order chi connectivity index (χ1) is 13.4. The smallest absolute Gasteiger partial charge is 0.243 e. The van der Waals surface area contributed by atoms with E-state index in [-0.39, 0.29) is 17.3 Å². The molecule has 1 aliphatic rings. The number of hydrogen-bond donors (Lipinski definition) is 0. The van der Waals surface area contributed by atoms with Gasteiger partial charge in [-0.05, 0) is 29.8 Å². The van der Waals surface area contributed by atoms with Crippen molar-refractivity contribution in [2.75, 3.05) is 39.8 Å². The molecule has 8 heteroatoms. The minimum atomic E-state index is -3.83. The second-order valence-electron chi connectivity index (χ2n) is 6.86. The van der Waals surface area contributed by atoms with Gasteiger partial charge in [0.05, 0.1) is 11.4 Å². The summed E-state index contributed by atoms with van der Waals surface area (Å²) in [4.78, 5) is 16.5. The van der Waals surface area contributed by atoms with Crippen molar-refractivity contribution in [2.45, 2.75) is 11.4 Å². The van der Waals surface area contributed by atoms with Gasteiger partial charge in [-0.25, -0.2) is 12.8 Å². The van der Waals surface area contributed by atoms with E-state index in [1.807, 2.05) is 18.2 Å². The number of benzene rings is 2. The van der Waals surface area contributed by atoms with Crippen molar-refractivity contribution in [3.8, 4) is 0 Å². The summed E-state index contributed by atoms with van der Waals surface area (Å²) in [6.07, 6.45) is 0. The number of halogens is 1. The molecule has 0 N–H and O–H groups in total. The van der Waals surface area contributed by atoms with Crippen LogP contribution in [0.2, 0.25) is 0 Å². The van der Waals surface area contributed by atoms with E-state index in [9.17, 15) is 17.6 Å². The summed E-state index contributed by atoms with van der Waals surface area (Å²) < 4.78 is 39.1. The Morgan fingerprint density at radius 2 is 1.61 bits per heavy atom. The number of hydrogen-bond acceptors (Lipinski definition) is 4. The average Bonchev–Trinajstić information content (AvgIpc) is 2.69. The lowest BCUT2D eigenvalue weighted by molar-refractivity contribution is -0.133. The second kappa shape index (κ2) is 8.81. The zero-order valence-electron chi connectivity index (χ0n) is 15.8. The molecule has 0 unspecified atom stereocenters. The maximum Gasteiger partial charge on any atom is 0.243 e. The van der Waals surface area contributed by atoms with Gasteiger partial charge in [0.15, 0.2) is 0 Å². The van der Waals surface area contributed by atoms with Crippen molar-refractivity contribution < 1.29 is 17.6 Å². The number of rotatable bonds is 6. The quantitative estimate of drug-likeness (QED) is 0.735. The highest BCUT2D eigenvalue weighted by atomic mass is 32.2. The van der Waals surface area contributed by atoms with Crippen molar-refractivity contribution in [3.63, 3.8) is 0 Å². The van der Waals surface area contributed by atoms with Gasteiger partial charge in [-0.3, -0.25) is 9.69 Å². The van der Waals surface area contributed by atoms with Gasteiger partial charge in [-0.15, -0.1) is 0 Å². The molecule has 3 rings (SSSR count). The molecule has 0 bridgehead atoms. The van der Waals surface area contributed by atoms with E-state index in [4.69, 9.17) is 0 Å². The van der Waals surface area contributed by atoms with E-state index in [0.29, 0.717) is 13.1 Å². The zero-order chi connectivity index (χ0) is 20.1. The Bertz CT molecular complexity index is 896. The predicted molar refractivity (Wildman–Crippen MR) is 105 cm³/mol. The standard InChI is InChI=1S/C20H24FN3O3S/c1-22(28(26,27)19-9-7-18(21)8-10-19)16-20(25)24-13-11-23(12-14-24)15-17-5-3-2-4-6-17/h2-10H,11-16H2,1H3. The summed E-state index contributed by atoms with van der Waals surface area (Å²) in [5, 5.41) is 0. The maximum absolute atomic E-state index is 13.0. The van der Waals surface area contributed by atoms with Crippen LogP contribution in [0, 0.1) is 5.82 Å². The summed E-state index contributed by atoms with van der Waals surface area (Å²) in [5.74, 6) is -0.737. The van der Waals surface area contributed by atoms with Gasteiger partial charge in [0, 0.05) is 39.8 Å². The molecule has 0 radical (unpaired) electrons. The molecule has 2 aromatic carbocycles. The van der Waals surface area contributed by atoms with Crippen molar-refractivity contribution in [1.82, 2.24) is 14.1 Å². The summed E-state index contributed by atoms with van der Waals surface area (Å²) >= 11 is 0. The van der Waals surface area contributed by atoms with Crippen molar-refractivity contribution in [3.05, 3.63) is 66.0 Å². The highest BCUT2D eigenvalue weighted by Crippen LogP contribution is 2.15. The number of amides is 1. The molecule has 1 heterocycles. The number of nitrogens with zero attached hydrogens (tertiary/aromatic N) is 3. The third-order valence-electron chi connectivity index (χ3n) is 4.85. The molecule has 0 saturated carbocycles. The van der Waals surface area contributed by atoms with Crippen LogP contribution in [0.1, 0.15) is 5.56 Å². The molecule has 1 saturated heterocycles. The molecule has 0 spiro atoms. The first-order valence-electron chi connectivity index (χ1n) is 9.12. The summed E-state index contributed by atoms with van der Waals surface area (Å²) in [6.45, 7) is 3.22. The Morgan fingerprint density at radius 1 is 1.00 bits per heavy atom. The van der Waals surface area contributed by atoms with Crippen LogP contribution in [0.5, 0.6) is 0 Å². The third kappa shape index (κ3) is 4.95. The van der Waals surface area contributed by atoms with Gasteiger partial charge in [-0.1, -0.05) is 30.3 Å². The second-order valence-corrected chi connectivity index (χ2v) is 8.90. The molecule has 2 aromatic rings. The van der Waals surface area contributed by atoms with E-state index in [1.165, 1.54) is 24.7 Å². The van der Waals surface area contributed by atoms with Gasteiger partial charge < -0.3 is 4.90 Å². The number of sulfonamides is 1. The summed E-state index contributed by atoms with van der Waals surface area (Å²) in [6, 6.07) is 14.7. The van der Waals surface area contributed by atoms with Crippen molar-refractivity contribution in [1.29, 1.82) is 0 Å². The largest absolute Gasteiger partial charge is 0.339 e. The molecule has 0 aliphatic carbocycles. The fraction of sp³-hybridized carbons (Fsp3) is 0.350. The molecule has 28 heavy (non-hydrogen) atoms. The highest BCUT2D eigenvalue weighted by molar-refractivity contribution is 7.89. The number of piperazine rings is 1. The molecular formula is C20H24FN3O3S. The topological polar surface area (TPSA) is 60.9 Å². The van der Waals surface area contributed by atoms with Crippen LogP contribution in [0.25, 0.3) is 0 Å². The Morgan fingerprint density at radius 3 is 2.21 bits per heavy atom. The first-order valence-corrected chi connectivity index (χ1v) is 10.6. The normalized spacial score (nSPS) is 15.8. The molecule has 1 aliphatic heterocycles. The monoisotopic (exact) mass is 405 g/mol. The highest BCUT2D eigenvalue weighted by Gasteiger charge is 2.27. The summed E-state index contributed by atoms with van der Waals surface area (Å²) in [7, 11) is -2.47. The SMILES string of the molecule is CN(CC(=O)N1CCN(Cc2ccccc2)CC1)S(=O)(=O)c1ccc(F)cc1. The van der Waals surface area contributed by atoms with Gasteiger partial charge >= 0.3 is 0 Å². The predicted octanol–water partition coefficient (Wildman–Crippen LogP) is 1.79. The Labute approximate surface area is 165 Å². The van der Waals surface area contributed by atoms with E-state index in [2.05, 4.69) is 17.0 Å². The summed E-state index contributed by atoms with van der Waals surface area (Å²) in [5.41, 5.74) is 1.23. The Hall–Kier alpha value is -2.29. The van der Waals surface area contributed by atoms with E-state index in [0.717, 1.165) is 36.1 Å². The third-order valence-corrected chi connectivity index (χ3v) is 6.67. The molecule has 0 aromatic heterocycles. The zero-order valence-corrected chi connectivity index (χ0v) is 16.6. The Kier molecular flexibility index (Phi) is 6.43. The van der Waals surface area contributed by atoms with E-state index < -0.39 is 15.8 Å². The van der Waals surface area contributed by atoms with Crippen LogP contribution in [-0.2, 0) is 21.4 Å². The van der Waals surface area contributed by atoms with Crippen LogP contribution < -0.4 is 0 Å². The molecular weight excluding hydrogens is 381 g/mol.